The van der Waals surface area contributed by atoms with E-state index < -0.39 is 0 Å². The predicted molar refractivity (Wildman–Crippen MR) is 70.7 cm³/mol. The van der Waals surface area contributed by atoms with E-state index in [2.05, 4.69) is 29.2 Å². The Morgan fingerprint density at radius 1 is 1.50 bits per heavy atom. The number of rotatable bonds is 7. The van der Waals surface area contributed by atoms with Gasteiger partial charge in [-0.15, -0.1) is 11.3 Å². The van der Waals surface area contributed by atoms with E-state index in [0.29, 0.717) is 6.04 Å². The fourth-order valence-electron chi connectivity index (χ4n) is 1.74. The fourth-order valence-corrected chi connectivity index (χ4v) is 2.34. The molecule has 0 radical (unpaired) electrons. The van der Waals surface area contributed by atoms with Crippen LogP contribution in [0.1, 0.15) is 36.9 Å². The van der Waals surface area contributed by atoms with Crippen LogP contribution in [0, 0.1) is 6.92 Å². The van der Waals surface area contributed by atoms with Gasteiger partial charge in [0.05, 0.1) is 10.7 Å². The Kier molecular flexibility index (Phi) is 5.95. The summed E-state index contributed by atoms with van der Waals surface area (Å²) in [5.41, 5.74) is 7.16. The predicted octanol–water partition coefficient (Wildman–Crippen LogP) is 2.40. The maximum atomic E-state index is 5.99. The van der Waals surface area contributed by atoms with E-state index in [1.165, 1.54) is 12.1 Å². The molecule has 0 aliphatic carbocycles. The Balaban J connectivity index is 2.23. The maximum absolute atomic E-state index is 5.99. The van der Waals surface area contributed by atoms with Crippen LogP contribution in [0.2, 0.25) is 0 Å². The van der Waals surface area contributed by atoms with Crippen LogP contribution < -0.4 is 5.73 Å². The van der Waals surface area contributed by atoms with Crippen LogP contribution in [-0.4, -0.2) is 29.5 Å². The lowest BCUT2D eigenvalue weighted by atomic mass is 10.1. The number of thiazole rings is 1. The second-order valence-electron chi connectivity index (χ2n) is 4.43. The topological polar surface area (TPSA) is 42.1 Å². The molecule has 1 unspecified atom stereocenters. The number of aryl methyl sites for hydroxylation is 1. The minimum Gasteiger partial charge on any atom is -0.328 e. The molecule has 0 bridgehead atoms. The van der Waals surface area contributed by atoms with E-state index in [-0.39, 0.29) is 0 Å². The second kappa shape index (κ2) is 6.99. The third-order valence-electron chi connectivity index (χ3n) is 2.64. The Morgan fingerprint density at radius 2 is 2.25 bits per heavy atom. The standard InChI is InChI=1S/C12H23N3S/c1-4-5-11(13)6-7-15(3)8-12-9-16-10(2)14-12/h9,11H,4-8,13H2,1-3H3. The number of aromatic nitrogens is 1. The van der Waals surface area contributed by atoms with Gasteiger partial charge >= 0.3 is 0 Å². The summed E-state index contributed by atoms with van der Waals surface area (Å²) in [6, 6.07) is 0.352. The molecule has 0 spiro atoms. The lowest BCUT2D eigenvalue weighted by Crippen LogP contribution is -2.27. The van der Waals surface area contributed by atoms with E-state index >= 15 is 0 Å². The van der Waals surface area contributed by atoms with Crippen molar-refractivity contribution in [3.63, 3.8) is 0 Å². The molecule has 3 nitrogen and oxygen atoms in total. The summed E-state index contributed by atoms with van der Waals surface area (Å²) in [7, 11) is 2.13. The highest BCUT2D eigenvalue weighted by molar-refractivity contribution is 7.09. The van der Waals surface area contributed by atoms with Gasteiger partial charge in [0.2, 0.25) is 0 Å². The van der Waals surface area contributed by atoms with E-state index in [1.54, 1.807) is 11.3 Å². The van der Waals surface area contributed by atoms with Crippen LogP contribution in [-0.2, 0) is 6.54 Å². The van der Waals surface area contributed by atoms with E-state index in [4.69, 9.17) is 5.73 Å². The first-order valence-electron chi connectivity index (χ1n) is 5.97. The SMILES string of the molecule is CCCC(N)CCN(C)Cc1csc(C)n1. The number of hydrogen-bond acceptors (Lipinski definition) is 4. The largest absolute Gasteiger partial charge is 0.328 e. The zero-order valence-electron chi connectivity index (χ0n) is 10.6. The van der Waals surface area contributed by atoms with Gasteiger partial charge in [0, 0.05) is 18.0 Å². The fraction of sp³-hybridized carbons (Fsp3) is 0.750. The normalized spacial score (nSPS) is 13.3. The lowest BCUT2D eigenvalue weighted by molar-refractivity contribution is 0.304. The van der Waals surface area contributed by atoms with Gasteiger partial charge in [-0.05, 0) is 33.4 Å². The molecule has 1 heterocycles. The van der Waals surface area contributed by atoms with Crippen molar-refractivity contribution in [3.8, 4) is 0 Å². The van der Waals surface area contributed by atoms with Crippen molar-refractivity contribution in [3.05, 3.63) is 16.1 Å². The second-order valence-corrected chi connectivity index (χ2v) is 5.50. The van der Waals surface area contributed by atoms with Gasteiger partial charge < -0.3 is 10.6 Å². The first-order chi connectivity index (χ1) is 7.61. The molecule has 0 aromatic carbocycles. The van der Waals surface area contributed by atoms with Gasteiger partial charge in [-0.2, -0.15) is 0 Å². The number of nitrogens with zero attached hydrogens (tertiary/aromatic N) is 2. The number of nitrogens with two attached hydrogens (primary N) is 1. The minimum atomic E-state index is 0.352. The summed E-state index contributed by atoms with van der Waals surface area (Å²) in [5, 5.41) is 3.28. The third kappa shape index (κ3) is 5.05. The summed E-state index contributed by atoms with van der Waals surface area (Å²) in [5.74, 6) is 0. The van der Waals surface area contributed by atoms with Crippen LogP contribution in [0.15, 0.2) is 5.38 Å². The third-order valence-corrected chi connectivity index (χ3v) is 3.46. The molecule has 1 aromatic rings. The smallest absolute Gasteiger partial charge is 0.0897 e. The highest BCUT2D eigenvalue weighted by Crippen LogP contribution is 2.10. The van der Waals surface area contributed by atoms with Crippen LogP contribution in [0.4, 0.5) is 0 Å². The highest BCUT2D eigenvalue weighted by atomic mass is 32.1. The molecule has 92 valence electrons. The van der Waals surface area contributed by atoms with Crippen LogP contribution >= 0.6 is 11.3 Å². The van der Waals surface area contributed by atoms with Gasteiger partial charge in [-0.3, -0.25) is 0 Å². The summed E-state index contributed by atoms with van der Waals surface area (Å²) < 4.78 is 0. The van der Waals surface area contributed by atoms with Crippen molar-refractivity contribution >= 4 is 11.3 Å². The summed E-state index contributed by atoms with van der Waals surface area (Å²) in [4.78, 5) is 6.76. The molecule has 0 amide bonds. The Morgan fingerprint density at radius 3 is 2.81 bits per heavy atom. The van der Waals surface area contributed by atoms with Crippen molar-refractivity contribution in [2.75, 3.05) is 13.6 Å². The Labute approximate surface area is 103 Å². The zero-order chi connectivity index (χ0) is 12.0. The van der Waals surface area contributed by atoms with E-state index in [0.717, 1.165) is 30.9 Å². The average molecular weight is 241 g/mol. The molecule has 4 heteroatoms. The molecule has 0 fully saturated rings. The first-order valence-corrected chi connectivity index (χ1v) is 6.85. The Hall–Kier alpha value is -0.450. The van der Waals surface area contributed by atoms with Crippen LogP contribution in [0.3, 0.4) is 0 Å². The maximum Gasteiger partial charge on any atom is 0.0897 e. The van der Waals surface area contributed by atoms with Crippen molar-refractivity contribution in [2.45, 2.75) is 45.7 Å². The van der Waals surface area contributed by atoms with E-state index in [9.17, 15) is 0 Å². The van der Waals surface area contributed by atoms with Crippen LogP contribution in [0.5, 0.6) is 0 Å². The molecule has 16 heavy (non-hydrogen) atoms. The molecular weight excluding hydrogens is 218 g/mol. The molecule has 0 aliphatic rings. The van der Waals surface area contributed by atoms with Gasteiger partial charge in [-0.1, -0.05) is 13.3 Å². The summed E-state index contributed by atoms with van der Waals surface area (Å²) in [6.07, 6.45) is 3.38. The molecular formula is C12H23N3S. The van der Waals surface area contributed by atoms with Crippen molar-refractivity contribution in [1.82, 2.24) is 9.88 Å². The van der Waals surface area contributed by atoms with Crippen molar-refractivity contribution in [1.29, 1.82) is 0 Å². The van der Waals surface area contributed by atoms with Crippen molar-refractivity contribution < 1.29 is 0 Å². The monoisotopic (exact) mass is 241 g/mol. The van der Waals surface area contributed by atoms with Gasteiger partial charge in [0.25, 0.3) is 0 Å². The molecule has 0 aliphatic heterocycles. The van der Waals surface area contributed by atoms with Gasteiger partial charge in [-0.25, -0.2) is 4.98 Å². The van der Waals surface area contributed by atoms with Crippen molar-refractivity contribution in [2.24, 2.45) is 5.73 Å². The van der Waals surface area contributed by atoms with Gasteiger partial charge in [0.1, 0.15) is 0 Å². The van der Waals surface area contributed by atoms with E-state index in [1.807, 2.05) is 6.92 Å². The molecule has 2 N–H and O–H groups in total. The molecule has 1 aromatic heterocycles. The Bertz CT molecular complexity index is 298. The zero-order valence-corrected chi connectivity index (χ0v) is 11.4. The quantitative estimate of drug-likeness (QED) is 0.797. The molecule has 0 saturated carbocycles. The molecule has 1 atom stereocenters. The van der Waals surface area contributed by atoms with Crippen LogP contribution in [0.25, 0.3) is 0 Å². The molecule has 1 rings (SSSR count). The molecule has 0 saturated heterocycles. The average Bonchev–Trinajstić information content (AvgIpc) is 2.61. The van der Waals surface area contributed by atoms with Gasteiger partial charge in [0.15, 0.2) is 0 Å². The first kappa shape index (κ1) is 13.6. The minimum absolute atomic E-state index is 0.352. The summed E-state index contributed by atoms with van der Waals surface area (Å²) in [6.45, 7) is 6.22. The lowest BCUT2D eigenvalue weighted by Gasteiger charge is -2.18. The number of hydrogen-bond donors (Lipinski definition) is 1. The summed E-state index contributed by atoms with van der Waals surface area (Å²) >= 11 is 1.72. The highest BCUT2D eigenvalue weighted by Gasteiger charge is 2.06.